The Morgan fingerprint density at radius 1 is 1.19 bits per heavy atom. The minimum Gasteiger partial charge on any atom is -0.394 e. The van der Waals surface area contributed by atoms with Crippen LogP contribution in [0, 0.1) is 11.3 Å². The van der Waals surface area contributed by atoms with Crippen LogP contribution in [0.3, 0.4) is 0 Å². The number of pyridine rings is 1. The van der Waals surface area contributed by atoms with Crippen LogP contribution >= 0.6 is 11.6 Å². The van der Waals surface area contributed by atoms with Gasteiger partial charge in [-0.3, -0.25) is 14.5 Å². The highest BCUT2D eigenvalue weighted by molar-refractivity contribution is 6.30. The smallest absolute Gasteiger partial charge is 0.254 e. The third kappa shape index (κ3) is 5.56. The molecule has 2 heterocycles. The van der Waals surface area contributed by atoms with Crippen LogP contribution in [0.15, 0.2) is 79.3 Å². The predicted molar refractivity (Wildman–Crippen MR) is 140 cm³/mol. The Hall–Kier alpha value is -3.99. The highest BCUT2D eigenvalue weighted by Gasteiger charge is 2.33. The lowest BCUT2D eigenvalue weighted by molar-refractivity contribution is 0.0908. The van der Waals surface area contributed by atoms with E-state index in [1.807, 2.05) is 48.5 Å². The summed E-state index contributed by atoms with van der Waals surface area (Å²) in [4.78, 5) is 17.2. The summed E-state index contributed by atoms with van der Waals surface area (Å²) in [5, 5.41) is 27.5. The number of aliphatic hydroxyl groups excluding tert-OH is 1. The number of nitrogens with one attached hydrogen (secondary N) is 1. The molecule has 1 aliphatic rings. The summed E-state index contributed by atoms with van der Waals surface area (Å²) in [5.74, 6) is -0.00974. The first-order chi connectivity index (χ1) is 18.0. The fraction of sp³-hybridized carbons (Fsp3) is 0.241. The fourth-order valence-corrected chi connectivity index (χ4v) is 4.95. The number of halogens is 1. The van der Waals surface area contributed by atoms with Gasteiger partial charge in [-0.25, -0.2) is 0 Å². The first-order valence-electron chi connectivity index (χ1n) is 12.2. The number of hydrogen-bond donors (Lipinski definition) is 2. The number of aliphatic hydroxyl groups is 1. The highest BCUT2D eigenvalue weighted by atomic mass is 35.5. The van der Waals surface area contributed by atoms with Gasteiger partial charge in [0.05, 0.1) is 36.0 Å². The van der Waals surface area contributed by atoms with E-state index in [0.717, 1.165) is 41.6 Å². The molecule has 0 saturated heterocycles. The number of aromatic nitrogens is 3. The molecule has 1 saturated carbocycles. The minimum absolute atomic E-state index is 0.0201. The van der Waals surface area contributed by atoms with Crippen LogP contribution in [0.2, 0.25) is 5.02 Å². The van der Waals surface area contributed by atoms with E-state index >= 15 is 0 Å². The summed E-state index contributed by atoms with van der Waals surface area (Å²) in [6.45, 7) is -0.145. The maximum Gasteiger partial charge on any atom is 0.254 e. The van der Waals surface area contributed by atoms with Crippen LogP contribution in [-0.2, 0) is 6.42 Å². The third-order valence-corrected chi connectivity index (χ3v) is 7.11. The van der Waals surface area contributed by atoms with Crippen LogP contribution < -0.4 is 5.32 Å². The van der Waals surface area contributed by atoms with Gasteiger partial charge in [-0.2, -0.15) is 10.4 Å². The van der Waals surface area contributed by atoms with Crippen LogP contribution in [0.1, 0.15) is 63.1 Å². The summed E-state index contributed by atoms with van der Waals surface area (Å²) in [7, 11) is 0. The van der Waals surface area contributed by atoms with Gasteiger partial charge in [0.1, 0.15) is 0 Å². The summed E-state index contributed by atoms with van der Waals surface area (Å²) >= 11 is 6.12. The zero-order chi connectivity index (χ0) is 25.8. The van der Waals surface area contributed by atoms with Gasteiger partial charge in [0.2, 0.25) is 0 Å². The molecule has 2 N–H and O–H groups in total. The van der Waals surface area contributed by atoms with Crippen molar-refractivity contribution in [3.8, 4) is 6.07 Å². The van der Waals surface area contributed by atoms with Gasteiger partial charge in [-0.15, -0.1) is 0 Å². The first kappa shape index (κ1) is 24.7. The van der Waals surface area contributed by atoms with Crippen molar-refractivity contribution < 1.29 is 9.90 Å². The number of nitrogens with zero attached hydrogens (tertiary/aromatic N) is 4. The zero-order valence-electron chi connectivity index (χ0n) is 20.1. The van der Waals surface area contributed by atoms with E-state index in [4.69, 9.17) is 11.6 Å². The van der Waals surface area contributed by atoms with Gasteiger partial charge in [0, 0.05) is 35.6 Å². The average Bonchev–Trinajstić information content (AvgIpc) is 3.38. The minimum atomic E-state index is -0.397. The summed E-state index contributed by atoms with van der Waals surface area (Å²) in [5.41, 5.74) is 5.02. The Labute approximate surface area is 220 Å². The molecule has 2 aromatic carbocycles. The van der Waals surface area contributed by atoms with Crippen LogP contribution in [-0.4, -0.2) is 38.4 Å². The van der Waals surface area contributed by atoms with Gasteiger partial charge in [0.15, 0.2) is 0 Å². The second-order valence-electron chi connectivity index (χ2n) is 9.33. The van der Waals surface area contributed by atoms with Crippen LogP contribution in [0.5, 0.6) is 0 Å². The molecule has 7 nitrogen and oxygen atoms in total. The van der Waals surface area contributed by atoms with Crippen molar-refractivity contribution in [3.05, 3.63) is 118 Å². The molecule has 37 heavy (non-hydrogen) atoms. The van der Waals surface area contributed by atoms with E-state index in [1.54, 1.807) is 29.2 Å². The second-order valence-corrected chi connectivity index (χ2v) is 9.77. The molecule has 0 bridgehead atoms. The van der Waals surface area contributed by atoms with Gasteiger partial charge in [-0.1, -0.05) is 41.9 Å². The van der Waals surface area contributed by atoms with E-state index in [1.165, 1.54) is 6.20 Å². The molecular weight excluding hydrogens is 486 g/mol. The normalized spacial score (nSPS) is 17.4. The molecule has 0 spiro atoms. The fourth-order valence-electron chi connectivity index (χ4n) is 4.77. The van der Waals surface area contributed by atoms with E-state index in [0.29, 0.717) is 16.1 Å². The molecule has 2 aromatic heterocycles. The van der Waals surface area contributed by atoms with Crippen molar-refractivity contribution in [2.45, 2.75) is 37.3 Å². The number of hydrogen-bond acceptors (Lipinski definition) is 5. The molecule has 5 rings (SSSR count). The van der Waals surface area contributed by atoms with Crippen molar-refractivity contribution in [1.82, 2.24) is 20.1 Å². The van der Waals surface area contributed by atoms with Gasteiger partial charge < -0.3 is 10.4 Å². The van der Waals surface area contributed by atoms with Crippen molar-refractivity contribution in [2.75, 3.05) is 6.61 Å². The monoisotopic (exact) mass is 511 g/mol. The molecule has 4 aromatic rings. The van der Waals surface area contributed by atoms with Crippen LogP contribution in [0.4, 0.5) is 0 Å². The Bertz CT molecular complexity index is 1420. The molecule has 0 radical (unpaired) electrons. The first-order valence-corrected chi connectivity index (χ1v) is 12.6. The molecule has 0 unspecified atom stereocenters. The van der Waals surface area contributed by atoms with E-state index in [9.17, 15) is 15.2 Å². The molecule has 0 aliphatic heterocycles. The number of carbonyl (C=O) groups is 1. The summed E-state index contributed by atoms with van der Waals surface area (Å²) in [6, 6.07) is 21.0. The van der Waals surface area contributed by atoms with Gasteiger partial charge in [0.25, 0.3) is 5.91 Å². The molecule has 1 aliphatic carbocycles. The standard InChI is InChI=1S/C29H26ClN5O2/c30-24-9-8-21(15-31)27(14-24)22-12-26(13-22)34-29(37)23-16-33-35(17-23)28(18-36)20-6-4-19(5-7-20)11-25-3-1-2-10-32-25/h1-10,14,16-17,22,26,28,36H,11-13,18H2,(H,34,37)/t22?,26?,28-/m0/s1. The lowest BCUT2D eigenvalue weighted by Crippen LogP contribution is -2.43. The molecule has 186 valence electrons. The maximum absolute atomic E-state index is 12.8. The Morgan fingerprint density at radius 3 is 2.70 bits per heavy atom. The summed E-state index contributed by atoms with van der Waals surface area (Å²) in [6.07, 6.45) is 7.20. The summed E-state index contributed by atoms with van der Waals surface area (Å²) < 4.78 is 1.62. The lowest BCUT2D eigenvalue weighted by Gasteiger charge is -2.36. The number of benzene rings is 2. The average molecular weight is 512 g/mol. The maximum atomic E-state index is 12.8. The number of nitriles is 1. The Kier molecular flexibility index (Phi) is 7.31. The molecule has 8 heteroatoms. The predicted octanol–water partition coefficient (Wildman–Crippen LogP) is 4.65. The lowest BCUT2D eigenvalue weighted by atomic mass is 9.74. The van der Waals surface area contributed by atoms with Crippen molar-refractivity contribution >= 4 is 17.5 Å². The van der Waals surface area contributed by atoms with Crippen molar-refractivity contribution in [1.29, 1.82) is 5.26 Å². The van der Waals surface area contributed by atoms with Gasteiger partial charge in [-0.05, 0) is 65.8 Å². The van der Waals surface area contributed by atoms with E-state index < -0.39 is 6.04 Å². The number of carbonyl (C=O) groups excluding carboxylic acids is 1. The van der Waals surface area contributed by atoms with Crippen LogP contribution in [0.25, 0.3) is 0 Å². The Balaban J connectivity index is 1.20. The van der Waals surface area contributed by atoms with E-state index in [2.05, 4.69) is 21.5 Å². The van der Waals surface area contributed by atoms with Crippen molar-refractivity contribution in [3.63, 3.8) is 0 Å². The zero-order valence-corrected chi connectivity index (χ0v) is 20.8. The van der Waals surface area contributed by atoms with Crippen molar-refractivity contribution in [2.24, 2.45) is 0 Å². The van der Waals surface area contributed by atoms with Gasteiger partial charge >= 0.3 is 0 Å². The second kappa shape index (κ2) is 11.0. The SMILES string of the molecule is N#Cc1ccc(Cl)cc1C1CC(NC(=O)c2cnn([C@@H](CO)c3ccc(Cc4ccccn4)cc3)c2)C1. The largest absolute Gasteiger partial charge is 0.394 e. The number of rotatable bonds is 8. The Morgan fingerprint density at radius 2 is 2.00 bits per heavy atom. The third-order valence-electron chi connectivity index (χ3n) is 6.88. The molecule has 1 atom stereocenters. The van der Waals surface area contributed by atoms with E-state index in [-0.39, 0.29) is 24.5 Å². The quantitative estimate of drug-likeness (QED) is 0.358. The highest BCUT2D eigenvalue weighted by Crippen LogP contribution is 2.39. The molecular formula is C29H26ClN5O2. The molecule has 1 fully saturated rings. The topological polar surface area (TPSA) is 104 Å². The number of amides is 1. The molecule has 1 amide bonds.